The Labute approximate surface area is 100 Å². The van der Waals surface area contributed by atoms with Crippen molar-refractivity contribution < 1.29 is 8.42 Å². The van der Waals surface area contributed by atoms with E-state index in [1.807, 2.05) is 0 Å². The Morgan fingerprint density at radius 2 is 1.50 bits per heavy atom. The van der Waals surface area contributed by atoms with E-state index in [0.29, 0.717) is 0 Å². The van der Waals surface area contributed by atoms with Crippen molar-refractivity contribution >= 4 is 10.0 Å². The number of rotatable bonds is 2. The van der Waals surface area contributed by atoms with Crippen molar-refractivity contribution in [1.29, 1.82) is 0 Å². The highest BCUT2D eigenvalue weighted by Crippen LogP contribution is 2.30. The summed E-state index contributed by atoms with van der Waals surface area (Å²) in [5, 5.41) is 0. The maximum absolute atomic E-state index is 12.3. The molecule has 0 aromatic rings. The highest BCUT2D eigenvalue weighted by atomic mass is 32.2. The minimum atomic E-state index is -3.16. The van der Waals surface area contributed by atoms with Gasteiger partial charge in [0.05, 0.1) is 4.75 Å². The van der Waals surface area contributed by atoms with Gasteiger partial charge < -0.3 is 0 Å². The number of nitrogens with zero attached hydrogens (tertiary/aromatic N) is 1. The van der Waals surface area contributed by atoms with E-state index < -0.39 is 14.8 Å². The van der Waals surface area contributed by atoms with Gasteiger partial charge in [0.25, 0.3) is 0 Å². The van der Waals surface area contributed by atoms with Gasteiger partial charge in [0, 0.05) is 13.1 Å². The SMILES string of the molecule is CC1CCC(N(C)S(=O)(=O)C(C)(C)C)CC1. The van der Waals surface area contributed by atoms with Gasteiger partial charge in [0.2, 0.25) is 10.0 Å². The summed E-state index contributed by atoms with van der Waals surface area (Å²) in [4.78, 5) is 0. The van der Waals surface area contributed by atoms with Crippen molar-refractivity contribution in [3.8, 4) is 0 Å². The Kier molecular flexibility index (Phi) is 4.06. The van der Waals surface area contributed by atoms with Gasteiger partial charge in [-0.25, -0.2) is 12.7 Å². The fourth-order valence-corrected chi connectivity index (χ4v) is 3.70. The van der Waals surface area contributed by atoms with Crippen LogP contribution in [0.2, 0.25) is 0 Å². The van der Waals surface area contributed by atoms with E-state index in [-0.39, 0.29) is 6.04 Å². The van der Waals surface area contributed by atoms with E-state index >= 15 is 0 Å². The average Bonchev–Trinajstić information content (AvgIpc) is 2.16. The van der Waals surface area contributed by atoms with E-state index in [0.717, 1.165) is 31.6 Å². The van der Waals surface area contributed by atoms with Crippen LogP contribution in [0.4, 0.5) is 0 Å². The molecule has 1 aliphatic rings. The maximum atomic E-state index is 12.3. The summed E-state index contributed by atoms with van der Waals surface area (Å²) in [6.07, 6.45) is 4.31. The molecule has 0 saturated heterocycles. The standard InChI is InChI=1S/C12H25NO2S/c1-10-6-8-11(9-7-10)13(5)16(14,15)12(2,3)4/h10-11H,6-9H2,1-5H3. The lowest BCUT2D eigenvalue weighted by molar-refractivity contribution is 0.242. The van der Waals surface area contributed by atoms with Gasteiger partial charge in [0.15, 0.2) is 0 Å². The van der Waals surface area contributed by atoms with Crippen LogP contribution >= 0.6 is 0 Å². The minimum Gasteiger partial charge on any atom is -0.212 e. The minimum absolute atomic E-state index is 0.209. The molecule has 96 valence electrons. The first-order valence-electron chi connectivity index (χ1n) is 6.14. The summed E-state index contributed by atoms with van der Waals surface area (Å²) in [6, 6.07) is 0.209. The molecule has 0 aliphatic heterocycles. The largest absolute Gasteiger partial charge is 0.219 e. The van der Waals surface area contributed by atoms with Crippen molar-refractivity contribution in [2.45, 2.75) is 64.2 Å². The fourth-order valence-electron chi connectivity index (χ4n) is 2.23. The van der Waals surface area contributed by atoms with Crippen LogP contribution in [0, 0.1) is 5.92 Å². The molecule has 0 unspecified atom stereocenters. The first-order valence-corrected chi connectivity index (χ1v) is 7.58. The fraction of sp³-hybridized carbons (Fsp3) is 1.00. The van der Waals surface area contributed by atoms with Gasteiger partial charge in [-0.2, -0.15) is 0 Å². The van der Waals surface area contributed by atoms with Crippen LogP contribution < -0.4 is 0 Å². The average molecular weight is 247 g/mol. The third-order valence-corrected chi connectivity index (χ3v) is 6.26. The molecule has 3 nitrogen and oxygen atoms in total. The Hall–Kier alpha value is -0.0900. The molecule has 0 spiro atoms. The molecule has 0 amide bonds. The van der Waals surface area contributed by atoms with Crippen LogP contribution in [0.1, 0.15) is 53.4 Å². The quantitative estimate of drug-likeness (QED) is 0.752. The summed E-state index contributed by atoms with van der Waals surface area (Å²) in [7, 11) is -1.42. The molecule has 4 heteroatoms. The maximum Gasteiger partial charge on any atom is 0.219 e. The second-order valence-electron chi connectivity index (χ2n) is 6.05. The van der Waals surface area contributed by atoms with Crippen molar-refractivity contribution in [1.82, 2.24) is 4.31 Å². The molecule has 0 aromatic heterocycles. The third-order valence-electron chi connectivity index (χ3n) is 3.65. The Bertz CT molecular complexity index is 321. The van der Waals surface area contributed by atoms with E-state index in [1.54, 1.807) is 32.1 Å². The van der Waals surface area contributed by atoms with Crippen molar-refractivity contribution in [2.24, 2.45) is 5.92 Å². The lowest BCUT2D eigenvalue weighted by Gasteiger charge is -2.36. The molecule has 0 N–H and O–H groups in total. The van der Waals surface area contributed by atoms with Crippen molar-refractivity contribution in [3.05, 3.63) is 0 Å². The Morgan fingerprint density at radius 1 is 1.06 bits per heavy atom. The molecule has 1 rings (SSSR count). The molecule has 0 aromatic carbocycles. The molecular weight excluding hydrogens is 222 g/mol. The van der Waals surface area contributed by atoms with Crippen molar-refractivity contribution in [3.63, 3.8) is 0 Å². The smallest absolute Gasteiger partial charge is 0.212 e. The molecule has 1 aliphatic carbocycles. The van der Waals surface area contributed by atoms with E-state index in [1.165, 1.54) is 0 Å². The van der Waals surface area contributed by atoms with Crippen LogP contribution in [0.3, 0.4) is 0 Å². The van der Waals surface area contributed by atoms with Gasteiger partial charge in [-0.05, 0) is 52.4 Å². The zero-order chi connectivity index (χ0) is 12.6. The zero-order valence-electron chi connectivity index (χ0n) is 11.2. The number of hydrogen-bond donors (Lipinski definition) is 0. The highest BCUT2D eigenvalue weighted by Gasteiger charge is 2.37. The number of hydrogen-bond acceptors (Lipinski definition) is 2. The van der Waals surface area contributed by atoms with Crippen LogP contribution in [-0.4, -0.2) is 30.6 Å². The van der Waals surface area contributed by atoms with E-state index in [4.69, 9.17) is 0 Å². The second kappa shape index (κ2) is 4.65. The molecule has 0 heterocycles. The van der Waals surface area contributed by atoms with Crippen LogP contribution in [0.5, 0.6) is 0 Å². The van der Waals surface area contributed by atoms with E-state index in [2.05, 4.69) is 6.92 Å². The summed E-state index contributed by atoms with van der Waals surface area (Å²) >= 11 is 0. The highest BCUT2D eigenvalue weighted by molar-refractivity contribution is 7.90. The lowest BCUT2D eigenvalue weighted by atomic mass is 9.87. The van der Waals surface area contributed by atoms with Crippen LogP contribution in [0.25, 0.3) is 0 Å². The second-order valence-corrected chi connectivity index (χ2v) is 8.80. The first kappa shape index (κ1) is 14.0. The van der Waals surface area contributed by atoms with Crippen LogP contribution in [-0.2, 0) is 10.0 Å². The first-order chi connectivity index (χ1) is 7.16. The van der Waals surface area contributed by atoms with Gasteiger partial charge in [-0.1, -0.05) is 6.92 Å². The molecule has 0 atom stereocenters. The molecular formula is C12H25NO2S. The van der Waals surface area contributed by atoms with Crippen LogP contribution in [0.15, 0.2) is 0 Å². The monoisotopic (exact) mass is 247 g/mol. The summed E-state index contributed by atoms with van der Waals surface area (Å²) in [5.41, 5.74) is 0. The molecule has 16 heavy (non-hydrogen) atoms. The summed E-state index contributed by atoms with van der Waals surface area (Å²) in [5.74, 6) is 0.752. The normalized spacial score (nSPS) is 28.4. The van der Waals surface area contributed by atoms with Crippen molar-refractivity contribution in [2.75, 3.05) is 7.05 Å². The molecule has 0 radical (unpaired) electrons. The van der Waals surface area contributed by atoms with Gasteiger partial charge in [0.1, 0.15) is 0 Å². The predicted molar refractivity (Wildman–Crippen MR) is 67.9 cm³/mol. The van der Waals surface area contributed by atoms with Gasteiger partial charge in [-0.3, -0.25) is 0 Å². The van der Waals surface area contributed by atoms with Gasteiger partial charge >= 0.3 is 0 Å². The topological polar surface area (TPSA) is 37.4 Å². The van der Waals surface area contributed by atoms with Gasteiger partial charge in [-0.15, -0.1) is 0 Å². The lowest BCUT2D eigenvalue weighted by Crippen LogP contribution is -2.46. The summed E-state index contributed by atoms with van der Waals surface area (Å²) in [6.45, 7) is 7.55. The summed E-state index contributed by atoms with van der Waals surface area (Å²) < 4.78 is 25.4. The Balaban J connectivity index is 2.75. The zero-order valence-corrected chi connectivity index (χ0v) is 12.0. The number of sulfonamides is 1. The molecule has 1 fully saturated rings. The molecule has 1 saturated carbocycles. The third kappa shape index (κ3) is 2.77. The Morgan fingerprint density at radius 3 is 1.88 bits per heavy atom. The van der Waals surface area contributed by atoms with E-state index in [9.17, 15) is 8.42 Å². The predicted octanol–water partition coefficient (Wildman–Crippen LogP) is 2.63. The molecule has 0 bridgehead atoms.